The summed E-state index contributed by atoms with van der Waals surface area (Å²) >= 11 is 0. The van der Waals surface area contributed by atoms with Gasteiger partial charge in [-0.15, -0.1) is 0 Å². The second-order valence-electron chi connectivity index (χ2n) is 6.20. The molecule has 1 aromatic heterocycles. The summed E-state index contributed by atoms with van der Waals surface area (Å²) < 4.78 is 1.62. The molecule has 1 aliphatic heterocycles. The molecule has 1 fully saturated rings. The van der Waals surface area contributed by atoms with Crippen molar-refractivity contribution in [2.75, 3.05) is 11.4 Å². The maximum atomic E-state index is 12.5. The van der Waals surface area contributed by atoms with Crippen LogP contribution in [-0.2, 0) is 11.3 Å². The second kappa shape index (κ2) is 6.28. The highest BCUT2D eigenvalue weighted by molar-refractivity contribution is 5.78. The molecule has 1 aliphatic rings. The minimum Gasteiger partial charge on any atom is -0.480 e. The molecule has 6 heteroatoms. The molecule has 2 rings (SSSR count). The third kappa shape index (κ3) is 3.25. The summed E-state index contributed by atoms with van der Waals surface area (Å²) in [5, 5.41) is 9.47. The number of nitrogens with zero attached hydrogens (tertiary/aromatic N) is 3. The van der Waals surface area contributed by atoms with Gasteiger partial charge in [-0.05, 0) is 24.7 Å². The lowest BCUT2D eigenvalue weighted by Gasteiger charge is -2.37. The Hall–Kier alpha value is -1.85. The molecular weight excluding hydrogens is 270 g/mol. The molecule has 6 nitrogen and oxygen atoms in total. The summed E-state index contributed by atoms with van der Waals surface area (Å²) in [5.74, 6) is -0.274. The van der Waals surface area contributed by atoms with Crippen molar-refractivity contribution in [3.63, 3.8) is 0 Å². The largest absolute Gasteiger partial charge is 0.480 e. The quantitative estimate of drug-likeness (QED) is 0.912. The Balaban J connectivity index is 2.40. The lowest BCUT2D eigenvalue weighted by molar-refractivity contribution is -0.140. The molecule has 0 radical (unpaired) electrons. The van der Waals surface area contributed by atoms with Crippen LogP contribution < -0.4 is 10.5 Å². The van der Waals surface area contributed by atoms with E-state index in [9.17, 15) is 14.7 Å². The van der Waals surface area contributed by atoms with Crippen molar-refractivity contribution in [3.8, 4) is 0 Å². The number of aliphatic carboxylic acids is 1. The van der Waals surface area contributed by atoms with Gasteiger partial charge < -0.3 is 14.6 Å². The number of aromatic nitrogens is 2. The molecule has 2 unspecified atom stereocenters. The van der Waals surface area contributed by atoms with E-state index in [1.165, 1.54) is 0 Å². The lowest BCUT2D eigenvalue weighted by atomic mass is 9.91. The number of rotatable bonds is 4. The fourth-order valence-electron chi connectivity index (χ4n) is 2.97. The van der Waals surface area contributed by atoms with Crippen molar-refractivity contribution in [2.24, 2.45) is 11.8 Å². The molecule has 2 heterocycles. The zero-order valence-electron chi connectivity index (χ0n) is 12.8. The SMILES string of the molecule is CC(C)Cn1ccnc(N2CCCC(C)C2C(=O)O)c1=O. The predicted octanol–water partition coefficient (Wildman–Crippen LogP) is 1.59. The number of hydrogen-bond donors (Lipinski definition) is 1. The van der Waals surface area contributed by atoms with E-state index in [-0.39, 0.29) is 17.3 Å². The van der Waals surface area contributed by atoms with Crippen molar-refractivity contribution in [3.05, 3.63) is 22.7 Å². The second-order valence-corrected chi connectivity index (χ2v) is 6.20. The summed E-state index contributed by atoms with van der Waals surface area (Å²) in [7, 11) is 0. The third-order valence-corrected chi connectivity index (χ3v) is 3.92. The van der Waals surface area contributed by atoms with Crippen LogP contribution in [0.25, 0.3) is 0 Å². The van der Waals surface area contributed by atoms with E-state index >= 15 is 0 Å². The summed E-state index contributed by atoms with van der Waals surface area (Å²) in [4.78, 5) is 29.9. The molecule has 0 amide bonds. The van der Waals surface area contributed by atoms with E-state index in [1.54, 1.807) is 21.9 Å². The van der Waals surface area contributed by atoms with Crippen LogP contribution in [0.1, 0.15) is 33.6 Å². The minimum absolute atomic E-state index is 0.0104. The summed E-state index contributed by atoms with van der Waals surface area (Å²) in [5.41, 5.74) is -0.202. The molecule has 1 saturated heterocycles. The van der Waals surface area contributed by atoms with E-state index in [4.69, 9.17) is 0 Å². The molecule has 0 aliphatic carbocycles. The predicted molar refractivity (Wildman–Crippen MR) is 80.5 cm³/mol. The van der Waals surface area contributed by atoms with E-state index in [2.05, 4.69) is 4.98 Å². The van der Waals surface area contributed by atoms with E-state index in [0.29, 0.717) is 19.0 Å². The highest BCUT2D eigenvalue weighted by Crippen LogP contribution is 2.26. The van der Waals surface area contributed by atoms with Crippen molar-refractivity contribution in [2.45, 2.75) is 46.2 Å². The molecule has 116 valence electrons. The summed E-state index contributed by atoms with van der Waals surface area (Å²) in [6.45, 7) is 7.16. The fraction of sp³-hybridized carbons (Fsp3) is 0.667. The zero-order valence-corrected chi connectivity index (χ0v) is 12.8. The molecule has 2 atom stereocenters. The molecule has 0 spiro atoms. The van der Waals surface area contributed by atoms with Crippen molar-refractivity contribution >= 4 is 11.8 Å². The van der Waals surface area contributed by atoms with Crippen LogP contribution >= 0.6 is 0 Å². The van der Waals surface area contributed by atoms with Crippen LogP contribution in [0.5, 0.6) is 0 Å². The van der Waals surface area contributed by atoms with Crippen LogP contribution in [0.15, 0.2) is 17.2 Å². The first-order chi connectivity index (χ1) is 9.91. The fourth-order valence-corrected chi connectivity index (χ4v) is 2.97. The Labute approximate surface area is 124 Å². The first kappa shape index (κ1) is 15.5. The number of piperidine rings is 1. The van der Waals surface area contributed by atoms with Crippen molar-refractivity contribution in [1.82, 2.24) is 9.55 Å². The number of hydrogen-bond acceptors (Lipinski definition) is 4. The van der Waals surface area contributed by atoms with Gasteiger partial charge in [0.1, 0.15) is 6.04 Å². The molecule has 0 bridgehead atoms. The van der Waals surface area contributed by atoms with Crippen LogP contribution in [0, 0.1) is 11.8 Å². The molecular formula is C15H23N3O3. The molecule has 0 aromatic carbocycles. The van der Waals surface area contributed by atoms with Crippen molar-refractivity contribution in [1.29, 1.82) is 0 Å². The van der Waals surface area contributed by atoms with Crippen LogP contribution in [-0.4, -0.2) is 33.2 Å². The average Bonchev–Trinajstić information content (AvgIpc) is 2.40. The average molecular weight is 293 g/mol. The number of anilines is 1. The normalized spacial score (nSPS) is 22.6. The van der Waals surface area contributed by atoms with Gasteiger partial charge in [-0.1, -0.05) is 20.8 Å². The van der Waals surface area contributed by atoms with Crippen LogP contribution in [0.2, 0.25) is 0 Å². The number of carbonyl (C=O) groups is 1. The highest BCUT2D eigenvalue weighted by Gasteiger charge is 2.36. The smallest absolute Gasteiger partial charge is 0.326 e. The molecule has 1 N–H and O–H groups in total. The molecule has 1 aromatic rings. The molecule has 0 saturated carbocycles. The van der Waals surface area contributed by atoms with Gasteiger partial charge >= 0.3 is 5.97 Å². The third-order valence-electron chi connectivity index (χ3n) is 3.92. The van der Waals surface area contributed by atoms with Crippen LogP contribution in [0.3, 0.4) is 0 Å². The van der Waals surface area contributed by atoms with Crippen LogP contribution in [0.4, 0.5) is 5.82 Å². The minimum atomic E-state index is -0.886. The Kier molecular flexibility index (Phi) is 4.65. The Morgan fingerprint density at radius 2 is 2.24 bits per heavy atom. The lowest BCUT2D eigenvalue weighted by Crippen LogP contribution is -2.51. The molecule has 21 heavy (non-hydrogen) atoms. The van der Waals surface area contributed by atoms with E-state index < -0.39 is 12.0 Å². The first-order valence-electron chi connectivity index (χ1n) is 7.46. The van der Waals surface area contributed by atoms with Gasteiger partial charge in [-0.3, -0.25) is 4.79 Å². The highest BCUT2D eigenvalue weighted by atomic mass is 16.4. The zero-order chi connectivity index (χ0) is 15.6. The standard InChI is InChI=1S/C15H23N3O3/c1-10(2)9-17-8-6-16-13(14(17)19)18-7-4-5-11(3)12(18)15(20)21/h6,8,10-12H,4-5,7,9H2,1-3H3,(H,20,21). The van der Waals surface area contributed by atoms with Gasteiger partial charge in [-0.25, -0.2) is 9.78 Å². The number of carboxylic acid groups (broad SMARTS) is 1. The maximum absolute atomic E-state index is 12.5. The van der Waals surface area contributed by atoms with Gasteiger partial charge in [0, 0.05) is 25.5 Å². The van der Waals surface area contributed by atoms with E-state index in [0.717, 1.165) is 12.8 Å². The van der Waals surface area contributed by atoms with Gasteiger partial charge in [0.15, 0.2) is 5.82 Å². The maximum Gasteiger partial charge on any atom is 0.326 e. The summed E-state index contributed by atoms with van der Waals surface area (Å²) in [6.07, 6.45) is 4.98. The summed E-state index contributed by atoms with van der Waals surface area (Å²) in [6, 6.07) is -0.672. The van der Waals surface area contributed by atoms with Crippen molar-refractivity contribution < 1.29 is 9.90 Å². The van der Waals surface area contributed by atoms with Gasteiger partial charge in [0.05, 0.1) is 0 Å². The Morgan fingerprint density at radius 1 is 1.52 bits per heavy atom. The first-order valence-corrected chi connectivity index (χ1v) is 7.46. The monoisotopic (exact) mass is 293 g/mol. The topological polar surface area (TPSA) is 75.4 Å². The van der Waals surface area contributed by atoms with Gasteiger partial charge in [0.25, 0.3) is 5.56 Å². The van der Waals surface area contributed by atoms with E-state index in [1.807, 2.05) is 20.8 Å². The Bertz CT molecular complexity index is 568. The Morgan fingerprint density at radius 3 is 2.86 bits per heavy atom. The number of carboxylic acids is 1. The van der Waals surface area contributed by atoms with Gasteiger partial charge in [-0.2, -0.15) is 0 Å². The van der Waals surface area contributed by atoms with Gasteiger partial charge in [0.2, 0.25) is 0 Å².